The summed E-state index contributed by atoms with van der Waals surface area (Å²) in [4.78, 5) is 6.89. The van der Waals surface area contributed by atoms with Crippen LogP contribution >= 0.6 is 24.0 Å². The second-order valence-corrected chi connectivity index (χ2v) is 8.40. The molecule has 0 atom stereocenters. The first-order valence-corrected chi connectivity index (χ1v) is 10.1. The Bertz CT molecular complexity index is 815. The Kier molecular flexibility index (Phi) is 8.51. The monoisotopic (exact) mass is 511 g/mol. The van der Waals surface area contributed by atoms with Crippen LogP contribution in [0.3, 0.4) is 0 Å². The van der Waals surface area contributed by atoms with Crippen LogP contribution in [0.1, 0.15) is 56.2 Å². The molecule has 0 bridgehead atoms. The van der Waals surface area contributed by atoms with Gasteiger partial charge in [0, 0.05) is 38.3 Å². The van der Waals surface area contributed by atoms with Gasteiger partial charge in [0.1, 0.15) is 0 Å². The highest BCUT2D eigenvalue weighted by Gasteiger charge is 2.29. The van der Waals surface area contributed by atoms with Crippen molar-refractivity contribution in [2.75, 3.05) is 20.1 Å². The van der Waals surface area contributed by atoms with E-state index in [1.54, 1.807) is 7.05 Å². The first-order chi connectivity index (χ1) is 13.4. The zero-order chi connectivity index (χ0) is 20.1. The van der Waals surface area contributed by atoms with Crippen molar-refractivity contribution < 1.29 is 4.52 Å². The smallest absolute Gasteiger partial charge is 0.191 e. The van der Waals surface area contributed by atoms with Gasteiger partial charge in [-0.1, -0.05) is 43.3 Å². The maximum atomic E-state index is 5.39. The first kappa shape index (κ1) is 23.7. The molecule has 0 unspecified atom stereocenters. The van der Waals surface area contributed by atoms with Crippen LogP contribution in [0.5, 0.6) is 0 Å². The van der Waals surface area contributed by atoms with Crippen LogP contribution in [0.25, 0.3) is 0 Å². The van der Waals surface area contributed by atoms with Crippen LogP contribution in [0.15, 0.2) is 39.8 Å². The summed E-state index contributed by atoms with van der Waals surface area (Å²) in [6, 6.07) is 10.8. The Morgan fingerprint density at radius 3 is 2.62 bits per heavy atom. The summed E-state index contributed by atoms with van der Waals surface area (Å²) in [5.74, 6) is 1.96. The van der Waals surface area contributed by atoms with Gasteiger partial charge in [-0.3, -0.25) is 9.89 Å². The van der Waals surface area contributed by atoms with Crippen molar-refractivity contribution in [1.82, 2.24) is 20.7 Å². The Labute approximate surface area is 191 Å². The molecule has 2 N–H and O–H groups in total. The average molecular weight is 511 g/mol. The summed E-state index contributed by atoms with van der Waals surface area (Å²) < 4.78 is 5.39. The third kappa shape index (κ3) is 6.18. The van der Waals surface area contributed by atoms with Gasteiger partial charge in [0.05, 0.1) is 12.2 Å². The van der Waals surface area contributed by atoms with Gasteiger partial charge in [-0.25, -0.2) is 0 Å². The van der Waals surface area contributed by atoms with E-state index in [0.717, 1.165) is 43.5 Å². The average Bonchev–Trinajstić information content (AvgIpc) is 3.17. The number of nitrogens with one attached hydrogen (secondary N) is 2. The van der Waals surface area contributed by atoms with E-state index in [9.17, 15) is 0 Å². The molecular formula is C22H34IN5O. The molecule has 0 aliphatic carbocycles. The minimum Gasteiger partial charge on any atom is -0.359 e. The van der Waals surface area contributed by atoms with Crippen molar-refractivity contribution >= 4 is 29.9 Å². The second kappa shape index (κ2) is 10.4. The van der Waals surface area contributed by atoms with E-state index in [-0.39, 0.29) is 29.5 Å². The van der Waals surface area contributed by atoms with Gasteiger partial charge in [0.2, 0.25) is 0 Å². The molecule has 2 heterocycles. The van der Waals surface area contributed by atoms with Gasteiger partial charge >= 0.3 is 0 Å². The molecule has 6 nitrogen and oxygen atoms in total. The topological polar surface area (TPSA) is 65.7 Å². The fourth-order valence-corrected chi connectivity index (χ4v) is 3.50. The zero-order valence-electron chi connectivity index (χ0n) is 18.2. The van der Waals surface area contributed by atoms with E-state index in [0.29, 0.717) is 12.5 Å². The van der Waals surface area contributed by atoms with E-state index in [1.165, 1.54) is 11.1 Å². The number of rotatable bonds is 6. The third-order valence-corrected chi connectivity index (χ3v) is 5.50. The van der Waals surface area contributed by atoms with Gasteiger partial charge in [-0.2, -0.15) is 0 Å². The number of hydrogen-bond donors (Lipinski definition) is 2. The largest absolute Gasteiger partial charge is 0.359 e. The Hall–Kier alpha value is -1.61. The Morgan fingerprint density at radius 1 is 1.24 bits per heavy atom. The number of halogens is 1. The van der Waals surface area contributed by atoms with Gasteiger partial charge in [-0.05, 0) is 37.3 Å². The van der Waals surface area contributed by atoms with Gasteiger partial charge in [0.25, 0.3) is 0 Å². The minimum absolute atomic E-state index is 0. The van der Waals surface area contributed by atoms with E-state index in [2.05, 4.69) is 77.6 Å². The SMILES string of the molecule is CN=C(NCc1cc(C(C)C)no1)NCC(C)(C)N1CCc2ccccc2C1.I. The number of benzene rings is 1. The standard InChI is InChI=1S/C22H33N5O.HI/c1-16(2)20-12-19(28-26-20)13-24-21(23-5)25-15-22(3,4)27-11-10-17-8-6-7-9-18(17)14-27;/h6-9,12,16H,10-11,13-15H2,1-5H3,(H2,23,24,25);1H. The van der Waals surface area contributed by atoms with E-state index < -0.39 is 0 Å². The lowest BCUT2D eigenvalue weighted by Gasteiger charge is -2.42. The summed E-state index contributed by atoms with van der Waals surface area (Å²) in [6.45, 7) is 12.2. The number of fused-ring (bicyclic) bond motifs is 1. The normalized spacial score (nSPS) is 15.0. The Morgan fingerprint density at radius 2 is 1.97 bits per heavy atom. The van der Waals surface area contributed by atoms with Crippen LogP contribution in [0.4, 0.5) is 0 Å². The predicted molar refractivity (Wildman–Crippen MR) is 129 cm³/mol. The fraction of sp³-hybridized carbons (Fsp3) is 0.545. The van der Waals surface area contributed by atoms with Gasteiger partial charge in [0.15, 0.2) is 11.7 Å². The molecular weight excluding hydrogens is 477 g/mol. The molecule has 1 aliphatic rings. The molecule has 2 aromatic rings. The number of nitrogens with zero attached hydrogens (tertiary/aromatic N) is 3. The molecule has 0 spiro atoms. The molecule has 0 fully saturated rings. The van der Waals surface area contributed by atoms with Crippen molar-refractivity contribution in [2.24, 2.45) is 4.99 Å². The number of aromatic nitrogens is 1. The zero-order valence-corrected chi connectivity index (χ0v) is 20.5. The molecule has 7 heteroatoms. The lowest BCUT2D eigenvalue weighted by atomic mass is 9.94. The molecule has 1 aliphatic heterocycles. The van der Waals surface area contributed by atoms with Crippen LogP contribution in [-0.2, 0) is 19.5 Å². The first-order valence-electron chi connectivity index (χ1n) is 10.1. The van der Waals surface area contributed by atoms with Crippen molar-refractivity contribution in [1.29, 1.82) is 0 Å². The molecule has 29 heavy (non-hydrogen) atoms. The highest BCUT2D eigenvalue weighted by Crippen LogP contribution is 2.24. The summed E-state index contributed by atoms with van der Waals surface area (Å²) in [7, 11) is 1.79. The van der Waals surface area contributed by atoms with Crippen molar-refractivity contribution in [3.05, 3.63) is 52.9 Å². The van der Waals surface area contributed by atoms with Gasteiger partial charge < -0.3 is 15.2 Å². The molecule has 0 saturated heterocycles. The fourth-order valence-electron chi connectivity index (χ4n) is 3.50. The highest BCUT2D eigenvalue weighted by atomic mass is 127. The van der Waals surface area contributed by atoms with Crippen LogP contribution in [0.2, 0.25) is 0 Å². The van der Waals surface area contributed by atoms with Crippen LogP contribution < -0.4 is 10.6 Å². The number of aliphatic imine (C=N–C) groups is 1. The van der Waals surface area contributed by atoms with E-state index in [1.807, 2.05) is 6.07 Å². The van der Waals surface area contributed by atoms with E-state index in [4.69, 9.17) is 4.52 Å². The molecule has 0 amide bonds. The maximum absolute atomic E-state index is 5.39. The van der Waals surface area contributed by atoms with E-state index >= 15 is 0 Å². The van der Waals surface area contributed by atoms with Crippen LogP contribution in [0, 0.1) is 0 Å². The molecule has 1 aromatic heterocycles. The van der Waals surface area contributed by atoms with Crippen molar-refractivity contribution in [2.45, 2.75) is 58.7 Å². The van der Waals surface area contributed by atoms with Crippen molar-refractivity contribution in [3.8, 4) is 0 Å². The third-order valence-electron chi connectivity index (χ3n) is 5.50. The quantitative estimate of drug-likeness (QED) is 0.350. The Balaban J connectivity index is 0.00000300. The second-order valence-electron chi connectivity index (χ2n) is 8.40. The maximum Gasteiger partial charge on any atom is 0.191 e. The number of guanidine groups is 1. The van der Waals surface area contributed by atoms with Crippen molar-refractivity contribution in [3.63, 3.8) is 0 Å². The van der Waals surface area contributed by atoms with Crippen LogP contribution in [-0.4, -0.2) is 41.7 Å². The molecule has 0 saturated carbocycles. The summed E-state index contributed by atoms with van der Waals surface area (Å²) in [5, 5.41) is 10.9. The molecule has 1 aromatic carbocycles. The molecule has 160 valence electrons. The highest BCUT2D eigenvalue weighted by molar-refractivity contribution is 14.0. The molecule has 3 rings (SSSR count). The summed E-state index contributed by atoms with van der Waals surface area (Å²) >= 11 is 0. The predicted octanol–water partition coefficient (Wildman–Crippen LogP) is 3.92. The molecule has 0 radical (unpaired) electrons. The lowest BCUT2D eigenvalue weighted by molar-refractivity contribution is 0.107. The minimum atomic E-state index is 0. The lowest BCUT2D eigenvalue weighted by Crippen LogP contribution is -2.54. The van der Waals surface area contributed by atoms with Gasteiger partial charge in [-0.15, -0.1) is 24.0 Å². The summed E-state index contributed by atoms with van der Waals surface area (Å²) in [6.07, 6.45) is 1.11. The number of hydrogen-bond acceptors (Lipinski definition) is 4. The summed E-state index contributed by atoms with van der Waals surface area (Å²) in [5.41, 5.74) is 3.91.